The van der Waals surface area contributed by atoms with Gasteiger partial charge >= 0.3 is 0 Å². The van der Waals surface area contributed by atoms with Gasteiger partial charge in [0.25, 0.3) is 0 Å². The van der Waals surface area contributed by atoms with Crippen LogP contribution in [0.1, 0.15) is 52.4 Å². The molecule has 0 saturated heterocycles. The predicted octanol–water partition coefficient (Wildman–Crippen LogP) is 2.37. The third-order valence-electron chi connectivity index (χ3n) is 2.26. The van der Waals surface area contributed by atoms with E-state index in [0.29, 0.717) is 13.2 Å². The summed E-state index contributed by atoms with van der Waals surface area (Å²) in [4.78, 5) is 0. The second-order valence-electron chi connectivity index (χ2n) is 4.09. The minimum atomic E-state index is 0.0278. The molecule has 0 spiro atoms. The van der Waals surface area contributed by atoms with Crippen LogP contribution in [0.5, 0.6) is 0 Å². The van der Waals surface area contributed by atoms with Gasteiger partial charge in [0.2, 0.25) is 0 Å². The van der Waals surface area contributed by atoms with E-state index in [-0.39, 0.29) is 13.2 Å². The summed E-state index contributed by atoms with van der Waals surface area (Å²) in [5.74, 6) is 0. The normalized spacial score (nSPS) is 10.0. The van der Waals surface area contributed by atoms with Crippen molar-refractivity contribution < 1.29 is 19.7 Å². The molecule has 0 radical (unpaired) electrons. The Morgan fingerprint density at radius 1 is 0.611 bits per heavy atom. The molecule has 0 aromatic heterocycles. The molecule has 2 N–H and O–H groups in total. The maximum absolute atomic E-state index is 8.09. The minimum absolute atomic E-state index is 0.0278. The molecule has 0 bridgehead atoms. The van der Waals surface area contributed by atoms with Gasteiger partial charge in [-0.1, -0.05) is 39.5 Å². The minimum Gasteiger partial charge on any atom is -0.394 e. The molecule has 0 aliphatic carbocycles. The lowest BCUT2D eigenvalue weighted by Crippen LogP contribution is -2.03. The van der Waals surface area contributed by atoms with E-state index < -0.39 is 0 Å². The van der Waals surface area contributed by atoms with Crippen molar-refractivity contribution in [2.75, 3.05) is 39.6 Å². The van der Waals surface area contributed by atoms with Crippen LogP contribution in [0.3, 0.4) is 0 Å². The van der Waals surface area contributed by atoms with Crippen LogP contribution in [0.15, 0.2) is 0 Å². The van der Waals surface area contributed by atoms with Crippen LogP contribution >= 0.6 is 0 Å². The van der Waals surface area contributed by atoms with Crippen LogP contribution in [0.2, 0.25) is 0 Å². The average Bonchev–Trinajstić information content (AvgIpc) is 2.39. The predicted molar refractivity (Wildman–Crippen MR) is 74.9 cm³/mol. The van der Waals surface area contributed by atoms with E-state index in [9.17, 15) is 0 Å². The van der Waals surface area contributed by atoms with Gasteiger partial charge in [0.15, 0.2) is 0 Å². The number of aliphatic hydroxyl groups excluding tert-OH is 2. The summed E-state index contributed by atoms with van der Waals surface area (Å²) >= 11 is 0. The highest BCUT2D eigenvalue weighted by atomic mass is 16.5. The summed E-state index contributed by atoms with van der Waals surface area (Å²) < 4.78 is 10.1. The SMILES string of the molecule is CCCCCCOCCCC.OCCOCCO. The molecular weight excluding hydrogens is 232 g/mol. The Labute approximate surface area is 112 Å². The second kappa shape index (κ2) is 22.1. The van der Waals surface area contributed by atoms with Gasteiger partial charge in [-0.2, -0.15) is 0 Å². The van der Waals surface area contributed by atoms with Crippen LogP contribution in [0, 0.1) is 0 Å². The molecule has 0 rings (SSSR count). The van der Waals surface area contributed by atoms with E-state index in [1.165, 1.54) is 38.5 Å². The summed E-state index contributed by atoms with van der Waals surface area (Å²) in [5.41, 5.74) is 0. The molecule has 0 aromatic carbocycles. The van der Waals surface area contributed by atoms with Crippen molar-refractivity contribution in [2.45, 2.75) is 52.4 Å². The van der Waals surface area contributed by atoms with Gasteiger partial charge in [-0.25, -0.2) is 0 Å². The molecule has 0 aromatic rings. The maximum Gasteiger partial charge on any atom is 0.0698 e. The number of hydrogen-bond donors (Lipinski definition) is 2. The molecule has 0 aliphatic rings. The molecule has 0 aliphatic heterocycles. The Morgan fingerprint density at radius 3 is 1.61 bits per heavy atom. The molecule has 0 unspecified atom stereocenters. The maximum atomic E-state index is 8.09. The smallest absolute Gasteiger partial charge is 0.0698 e. The molecule has 112 valence electrons. The summed E-state index contributed by atoms with van der Waals surface area (Å²) in [6.45, 7) is 7.06. The van der Waals surface area contributed by atoms with Crippen molar-refractivity contribution in [3.8, 4) is 0 Å². The van der Waals surface area contributed by atoms with E-state index in [0.717, 1.165) is 13.2 Å². The van der Waals surface area contributed by atoms with Crippen molar-refractivity contribution in [1.82, 2.24) is 0 Å². The number of hydrogen-bond acceptors (Lipinski definition) is 4. The zero-order valence-corrected chi connectivity index (χ0v) is 12.2. The molecule has 0 amide bonds. The Kier molecular flexibility index (Phi) is 24.7. The summed E-state index contributed by atoms with van der Waals surface area (Å²) in [5, 5.41) is 16.2. The van der Waals surface area contributed by atoms with Gasteiger partial charge in [-0.15, -0.1) is 0 Å². The zero-order chi connectivity index (χ0) is 13.9. The summed E-state index contributed by atoms with van der Waals surface area (Å²) in [7, 11) is 0. The molecule has 0 heterocycles. The van der Waals surface area contributed by atoms with Crippen LogP contribution in [-0.4, -0.2) is 49.9 Å². The Bertz CT molecular complexity index is 108. The van der Waals surface area contributed by atoms with Gasteiger partial charge in [-0.05, 0) is 12.8 Å². The highest BCUT2D eigenvalue weighted by Gasteiger charge is 1.88. The number of aliphatic hydroxyl groups is 2. The molecule has 0 atom stereocenters. The standard InChI is InChI=1S/C10H22O.C4H10O3/c1-3-5-7-8-10-11-9-6-4-2;5-1-3-7-4-2-6/h3-10H2,1-2H3;5-6H,1-4H2. The van der Waals surface area contributed by atoms with E-state index in [1.54, 1.807) is 0 Å². The first-order valence-corrected chi connectivity index (χ1v) is 7.20. The highest BCUT2D eigenvalue weighted by molar-refractivity contribution is 4.39. The van der Waals surface area contributed by atoms with Crippen molar-refractivity contribution in [2.24, 2.45) is 0 Å². The Balaban J connectivity index is 0. The fraction of sp³-hybridized carbons (Fsp3) is 1.00. The van der Waals surface area contributed by atoms with Crippen LogP contribution in [0.25, 0.3) is 0 Å². The average molecular weight is 264 g/mol. The lowest BCUT2D eigenvalue weighted by atomic mass is 10.2. The topological polar surface area (TPSA) is 58.9 Å². The largest absolute Gasteiger partial charge is 0.394 e. The van der Waals surface area contributed by atoms with Gasteiger partial charge < -0.3 is 19.7 Å². The van der Waals surface area contributed by atoms with Crippen molar-refractivity contribution >= 4 is 0 Å². The van der Waals surface area contributed by atoms with E-state index >= 15 is 0 Å². The van der Waals surface area contributed by atoms with Crippen LogP contribution in [0.4, 0.5) is 0 Å². The van der Waals surface area contributed by atoms with E-state index in [2.05, 4.69) is 18.6 Å². The van der Waals surface area contributed by atoms with Crippen LogP contribution in [-0.2, 0) is 9.47 Å². The molecule has 0 fully saturated rings. The highest BCUT2D eigenvalue weighted by Crippen LogP contribution is 1.99. The third-order valence-corrected chi connectivity index (χ3v) is 2.26. The third kappa shape index (κ3) is 24.9. The van der Waals surface area contributed by atoms with Crippen molar-refractivity contribution in [3.05, 3.63) is 0 Å². The van der Waals surface area contributed by atoms with Gasteiger partial charge in [0, 0.05) is 13.2 Å². The van der Waals surface area contributed by atoms with Crippen molar-refractivity contribution in [1.29, 1.82) is 0 Å². The summed E-state index contributed by atoms with van der Waals surface area (Å²) in [6.07, 6.45) is 7.72. The summed E-state index contributed by atoms with van der Waals surface area (Å²) in [6, 6.07) is 0. The fourth-order valence-electron chi connectivity index (χ4n) is 1.21. The van der Waals surface area contributed by atoms with E-state index in [4.69, 9.17) is 14.9 Å². The van der Waals surface area contributed by atoms with Gasteiger partial charge in [-0.3, -0.25) is 0 Å². The van der Waals surface area contributed by atoms with Gasteiger partial charge in [0.1, 0.15) is 0 Å². The first-order valence-electron chi connectivity index (χ1n) is 7.20. The number of rotatable bonds is 12. The quantitative estimate of drug-likeness (QED) is 0.531. The van der Waals surface area contributed by atoms with Crippen LogP contribution < -0.4 is 0 Å². The molecule has 18 heavy (non-hydrogen) atoms. The molecule has 0 saturated carbocycles. The zero-order valence-electron chi connectivity index (χ0n) is 12.2. The molecule has 4 nitrogen and oxygen atoms in total. The Morgan fingerprint density at radius 2 is 1.11 bits per heavy atom. The van der Waals surface area contributed by atoms with E-state index in [1.807, 2.05) is 0 Å². The van der Waals surface area contributed by atoms with Gasteiger partial charge in [0.05, 0.1) is 26.4 Å². The second-order valence-corrected chi connectivity index (χ2v) is 4.09. The molecular formula is C14H32O4. The molecule has 4 heteroatoms. The number of ether oxygens (including phenoxy) is 2. The first-order chi connectivity index (χ1) is 8.83. The monoisotopic (exact) mass is 264 g/mol. The lowest BCUT2D eigenvalue weighted by Gasteiger charge is -2.01. The lowest BCUT2D eigenvalue weighted by molar-refractivity contribution is 0.0650. The first kappa shape index (κ1) is 20.2. The Hall–Kier alpha value is -0.160. The fourth-order valence-corrected chi connectivity index (χ4v) is 1.21. The number of unbranched alkanes of at least 4 members (excludes halogenated alkanes) is 4. The van der Waals surface area contributed by atoms with Crippen molar-refractivity contribution in [3.63, 3.8) is 0 Å².